The van der Waals surface area contributed by atoms with Crippen LogP contribution in [0.1, 0.15) is 43.9 Å². The lowest BCUT2D eigenvalue weighted by molar-refractivity contribution is -0.139. The molecule has 1 aliphatic rings. The fraction of sp³-hybridized carbons (Fsp3) is 0.258. The first-order valence-corrected chi connectivity index (χ1v) is 14.0. The maximum Gasteiger partial charge on any atom is 0.387 e. The predicted octanol–water partition coefficient (Wildman–Crippen LogP) is 5.34. The first-order valence-electron chi connectivity index (χ1n) is 13.2. The minimum atomic E-state index is -2.93. The number of thiazole rings is 1. The Morgan fingerprint density at radius 2 is 1.85 bits per heavy atom. The zero-order valence-electron chi connectivity index (χ0n) is 22.7. The third-order valence-electron chi connectivity index (χ3n) is 6.72. The molecule has 0 saturated carbocycles. The number of benzene rings is 3. The molecule has 0 unspecified atom stereocenters. The van der Waals surface area contributed by atoms with E-state index >= 15 is 0 Å². The summed E-state index contributed by atoms with van der Waals surface area (Å²) in [5.74, 6) is 0.00553. The van der Waals surface area contributed by atoms with Gasteiger partial charge in [0.1, 0.15) is 17.5 Å². The Morgan fingerprint density at radius 1 is 1.10 bits per heavy atom. The molecule has 10 heteroatoms. The highest BCUT2D eigenvalue weighted by molar-refractivity contribution is 7.07. The summed E-state index contributed by atoms with van der Waals surface area (Å²) in [7, 11) is 1.55. The van der Waals surface area contributed by atoms with Gasteiger partial charge in [0.25, 0.3) is 5.56 Å². The van der Waals surface area contributed by atoms with Crippen molar-refractivity contribution >= 4 is 34.2 Å². The molecule has 0 saturated heterocycles. The first-order chi connectivity index (χ1) is 19.9. The van der Waals surface area contributed by atoms with Gasteiger partial charge in [0.2, 0.25) is 0 Å². The van der Waals surface area contributed by atoms with E-state index in [0.717, 1.165) is 17.2 Å². The lowest BCUT2D eigenvalue weighted by Gasteiger charge is -2.28. The minimum Gasteiger partial charge on any atom is -0.496 e. The van der Waals surface area contributed by atoms with E-state index in [4.69, 9.17) is 14.5 Å². The predicted molar refractivity (Wildman–Crippen MR) is 153 cm³/mol. The maximum atomic E-state index is 14.1. The Morgan fingerprint density at radius 3 is 2.54 bits per heavy atom. The Hall–Kier alpha value is -4.31. The summed E-state index contributed by atoms with van der Waals surface area (Å²) in [6.45, 7) is 0.964. The number of ether oxygens (including phenoxy) is 3. The number of hydrogen-bond donors (Lipinski definition) is 0. The molecule has 0 aliphatic carbocycles. The molecule has 0 fully saturated rings. The second-order valence-electron chi connectivity index (χ2n) is 9.26. The highest BCUT2D eigenvalue weighted by Crippen LogP contribution is 2.41. The zero-order chi connectivity index (χ0) is 29.1. The average molecular weight is 579 g/mol. The third-order valence-corrected chi connectivity index (χ3v) is 7.70. The SMILES string of the molecule is CCCC1=C(C(=O)OCC)[C@H](c2c(OC)ccc3ccccc23)n2c(s/c(=C/c3ccc(OC(F)F)cc3)c2=O)=N1. The molecule has 0 N–H and O–H groups in total. The Kier molecular flexibility index (Phi) is 8.30. The van der Waals surface area contributed by atoms with E-state index < -0.39 is 18.6 Å². The summed E-state index contributed by atoms with van der Waals surface area (Å²) in [5, 5.41) is 1.76. The Labute approximate surface area is 238 Å². The summed E-state index contributed by atoms with van der Waals surface area (Å²) in [6, 6.07) is 16.6. The molecule has 1 aromatic heterocycles. The lowest BCUT2D eigenvalue weighted by Crippen LogP contribution is -2.40. The second-order valence-corrected chi connectivity index (χ2v) is 10.3. The molecule has 41 heavy (non-hydrogen) atoms. The van der Waals surface area contributed by atoms with Gasteiger partial charge in [0.15, 0.2) is 4.80 Å². The van der Waals surface area contributed by atoms with Crippen molar-refractivity contribution in [2.75, 3.05) is 13.7 Å². The molecule has 1 atom stereocenters. The number of nitrogens with zero attached hydrogens (tertiary/aromatic N) is 2. The highest BCUT2D eigenvalue weighted by atomic mass is 32.1. The first kappa shape index (κ1) is 28.2. The van der Waals surface area contributed by atoms with Crippen molar-refractivity contribution in [3.8, 4) is 11.5 Å². The van der Waals surface area contributed by atoms with Crippen LogP contribution >= 0.6 is 11.3 Å². The largest absolute Gasteiger partial charge is 0.496 e. The molecule has 2 heterocycles. The van der Waals surface area contributed by atoms with Crippen molar-refractivity contribution in [3.05, 3.63) is 103 Å². The number of fused-ring (bicyclic) bond motifs is 2. The number of hydrogen-bond acceptors (Lipinski definition) is 7. The number of rotatable bonds is 9. The molecule has 3 aromatic carbocycles. The Balaban J connectivity index is 1.79. The van der Waals surface area contributed by atoms with Gasteiger partial charge < -0.3 is 14.2 Å². The highest BCUT2D eigenvalue weighted by Gasteiger charge is 2.37. The molecule has 0 bridgehead atoms. The number of alkyl halides is 2. The molecule has 212 valence electrons. The van der Waals surface area contributed by atoms with Crippen LogP contribution in [0.25, 0.3) is 16.8 Å². The van der Waals surface area contributed by atoms with Gasteiger partial charge in [-0.15, -0.1) is 0 Å². The van der Waals surface area contributed by atoms with Gasteiger partial charge in [-0.2, -0.15) is 8.78 Å². The van der Waals surface area contributed by atoms with Crippen molar-refractivity contribution in [2.24, 2.45) is 4.99 Å². The Bertz CT molecular complexity index is 1810. The number of carbonyl (C=O) groups excluding carboxylic acids is 1. The van der Waals surface area contributed by atoms with Crippen molar-refractivity contribution in [3.63, 3.8) is 0 Å². The van der Waals surface area contributed by atoms with E-state index in [2.05, 4.69) is 4.74 Å². The standard InChI is InChI=1S/C31H28F2N2O5S/c1-4-8-22-26(29(37)39-5-2)27(25-21-10-7-6-9-19(21)13-16-23(25)38-3)35-28(36)24(41-31(35)34-22)17-18-11-14-20(15-12-18)40-30(32)33/h6-7,9-17,27,30H,4-5,8H2,1-3H3/b24-17+/t27-/m0/s1. The van der Waals surface area contributed by atoms with Gasteiger partial charge in [-0.05, 0) is 54.0 Å². The van der Waals surface area contributed by atoms with Gasteiger partial charge in [-0.3, -0.25) is 9.36 Å². The molecule has 7 nitrogen and oxygen atoms in total. The molecule has 5 rings (SSSR count). The number of allylic oxidation sites excluding steroid dienone is 1. The number of esters is 1. The fourth-order valence-corrected chi connectivity index (χ4v) is 6.05. The second kappa shape index (κ2) is 12.1. The van der Waals surface area contributed by atoms with Crippen LogP contribution in [0.5, 0.6) is 11.5 Å². The van der Waals surface area contributed by atoms with E-state index in [1.807, 2.05) is 43.3 Å². The number of carbonyl (C=O) groups is 1. The monoisotopic (exact) mass is 578 g/mol. The van der Waals surface area contributed by atoms with E-state index in [1.165, 1.54) is 28.0 Å². The number of halogens is 2. The van der Waals surface area contributed by atoms with Gasteiger partial charge in [0, 0.05) is 5.56 Å². The quantitative estimate of drug-likeness (QED) is 0.251. The van der Waals surface area contributed by atoms with Crippen LogP contribution in [0.15, 0.2) is 81.7 Å². The fourth-order valence-electron chi connectivity index (χ4n) is 5.03. The van der Waals surface area contributed by atoms with Crippen molar-refractivity contribution in [2.45, 2.75) is 39.3 Å². The molecular weight excluding hydrogens is 550 g/mol. The van der Waals surface area contributed by atoms with Gasteiger partial charge in [-0.25, -0.2) is 9.79 Å². The normalized spacial score (nSPS) is 15.2. The number of aromatic nitrogens is 1. The molecule has 0 amide bonds. The van der Waals surface area contributed by atoms with E-state index in [0.29, 0.717) is 43.9 Å². The topological polar surface area (TPSA) is 79.1 Å². The van der Waals surface area contributed by atoms with E-state index in [1.54, 1.807) is 32.2 Å². The summed E-state index contributed by atoms with van der Waals surface area (Å²) >= 11 is 1.20. The summed E-state index contributed by atoms with van der Waals surface area (Å²) < 4.78 is 42.8. The maximum absolute atomic E-state index is 14.1. The molecular formula is C31H28F2N2O5S. The molecule has 4 aromatic rings. The van der Waals surface area contributed by atoms with Crippen LogP contribution in [0.4, 0.5) is 8.78 Å². The van der Waals surface area contributed by atoms with Crippen molar-refractivity contribution in [1.82, 2.24) is 4.57 Å². The van der Waals surface area contributed by atoms with Gasteiger partial charge in [-0.1, -0.05) is 67.1 Å². The molecule has 1 aliphatic heterocycles. The minimum absolute atomic E-state index is 0.0185. The van der Waals surface area contributed by atoms with Crippen LogP contribution in [-0.2, 0) is 9.53 Å². The van der Waals surface area contributed by atoms with Crippen molar-refractivity contribution in [1.29, 1.82) is 0 Å². The van der Waals surface area contributed by atoms with Crippen LogP contribution in [0.2, 0.25) is 0 Å². The molecule has 0 radical (unpaired) electrons. The summed E-state index contributed by atoms with van der Waals surface area (Å²) in [6.07, 6.45) is 2.90. The smallest absolute Gasteiger partial charge is 0.387 e. The van der Waals surface area contributed by atoms with Crippen LogP contribution in [0, 0.1) is 0 Å². The van der Waals surface area contributed by atoms with Crippen molar-refractivity contribution < 1.29 is 27.8 Å². The van der Waals surface area contributed by atoms with E-state index in [9.17, 15) is 18.4 Å². The van der Waals surface area contributed by atoms with Crippen LogP contribution < -0.4 is 24.4 Å². The summed E-state index contributed by atoms with van der Waals surface area (Å²) in [4.78, 5) is 32.9. The third kappa shape index (κ3) is 5.52. The average Bonchev–Trinajstić information content (AvgIpc) is 3.27. The number of methoxy groups -OCH3 is 1. The van der Waals surface area contributed by atoms with Crippen LogP contribution in [0.3, 0.4) is 0 Å². The summed E-state index contributed by atoms with van der Waals surface area (Å²) in [5.41, 5.74) is 1.80. The van der Waals surface area contributed by atoms with Gasteiger partial charge in [0.05, 0.1) is 29.5 Å². The van der Waals surface area contributed by atoms with Gasteiger partial charge >= 0.3 is 12.6 Å². The molecule has 0 spiro atoms. The lowest BCUT2D eigenvalue weighted by atomic mass is 9.90. The van der Waals surface area contributed by atoms with E-state index in [-0.39, 0.29) is 17.9 Å². The van der Waals surface area contributed by atoms with Crippen LogP contribution in [-0.4, -0.2) is 30.9 Å². The zero-order valence-corrected chi connectivity index (χ0v) is 23.5.